The molecular weight excluding hydrogens is 1350 g/mol. The smallest absolute Gasteiger partial charge is 0.246 e. The number of nitrogens with one attached hydrogen (secondary N) is 12. The van der Waals surface area contributed by atoms with Gasteiger partial charge in [0.15, 0.2) is 0 Å². The lowest BCUT2D eigenvalue weighted by Crippen LogP contribution is -2.61. The van der Waals surface area contributed by atoms with Crippen LogP contribution in [0.15, 0.2) is 30.5 Å². The number of H-pyrrole nitrogens is 1. The van der Waals surface area contributed by atoms with E-state index in [-0.39, 0.29) is 83.0 Å². The zero-order valence-electron chi connectivity index (χ0n) is 64.9. The van der Waals surface area contributed by atoms with Crippen LogP contribution in [0.4, 0.5) is 0 Å². The van der Waals surface area contributed by atoms with Crippen molar-refractivity contribution in [1.82, 2.24) is 73.3 Å². The molecular formula is C75H129N17O13. The Bertz CT molecular complexity index is 3140. The zero-order chi connectivity index (χ0) is 78.1. The van der Waals surface area contributed by atoms with Crippen molar-refractivity contribution in [2.24, 2.45) is 40.9 Å². The first-order valence-electron chi connectivity index (χ1n) is 38.3. The van der Waals surface area contributed by atoms with Crippen molar-refractivity contribution < 1.29 is 62.3 Å². The van der Waals surface area contributed by atoms with Crippen molar-refractivity contribution in [3.05, 3.63) is 36.0 Å². The topological polar surface area (TPSA) is 447 Å². The zero-order valence-corrected chi connectivity index (χ0v) is 64.9. The normalized spacial score (nSPS) is 25.2. The Morgan fingerprint density at radius 1 is 0.514 bits per heavy atom. The van der Waals surface area contributed by atoms with Crippen LogP contribution in [0.3, 0.4) is 0 Å². The molecule has 30 nitrogen and oxygen atoms in total. The number of carbonyl (C=O) groups is 12. The van der Waals surface area contributed by atoms with Crippen molar-refractivity contribution in [2.45, 2.75) is 271 Å². The van der Waals surface area contributed by atoms with Gasteiger partial charge in [-0.1, -0.05) is 93.4 Å². The summed E-state index contributed by atoms with van der Waals surface area (Å²) in [6.45, 7) is 24.0. The lowest BCUT2D eigenvalue weighted by atomic mass is 9.98. The van der Waals surface area contributed by atoms with E-state index in [1.54, 1.807) is 38.8 Å². The first-order valence-corrected chi connectivity index (χ1v) is 38.3. The molecule has 2 aliphatic heterocycles. The molecule has 30 heteroatoms. The van der Waals surface area contributed by atoms with E-state index in [0.29, 0.717) is 90.4 Å². The lowest BCUT2D eigenvalue weighted by molar-refractivity contribution is -0.139. The number of amides is 12. The van der Waals surface area contributed by atoms with Gasteiger partial charge in [0.2, 0.25) is 70.9 Å². The molecule has 1 aromatic carbocycles. The number of aromatic nitrogens is 1. The minimum absolute atomic E-state index is 0.0272. The third-order valence-electron chi connectivity index (χ3n) is 19.1. The molecule has 4 rings (SSSR count). The number of aromatic amines is 1. The number of para-hydroxylation sites is 1. The Morgan fingerprint density at radius 3 is 1.49 bits per heavy atom. The number of nitrogens with zero attached hydrogens (tertiary/aromatic N) is 2. The van der Waals surface area contributed by atoms with E-state index < -0.39 is 161 Å². The number of hydrogen-bond acceptors (Lipinski definition) is 17. The van der Waals surface area contributed by atoms with Crippen LogP contribution >= 0.6 is 0 Å². The van der Waals surface area contributed by atoms with Gasteiger partial charge in [0.1, 0.15) is 67.0 Å². The van der Waals surface area contributed by atoms with Crippen molar-refractivity contribution in [3.8, 4) is 0 Å². The van der Waals surface area contributed by atoms with Gasteiger partial charge in [-0.25, -0.2) is 0 Å². The molecule has 0 radical (unpaired) electrons. The maximum Gasteiger partial charge on any atom is 0.246 e. The van der Waals surface area contributed by atoms with E-state index in [2.05, 4.69) is 63.5 Å². The summed E-state index contributed by atoms with van der Waals surface area (Å²) in [5, 5.41) is 32.2. The number of ether oxygens (including phenoxy) is 1. The van der Waals surface area contributed by atoms with E-state index >= 15 is 0 Å². The lowest BCUT2D eigenvalue weighted by Gasteiger charge is -2.35. The summed E-state index contributed by atoms with van der Waals surface area (Å²) in [5.74, 6) is -8.83. The summed E-state index contributed by atoms with van der Waals surface area (Å²) in [7, 11) is 0. The second kappa shape index (κ2) is 45.6. The van der Waals surface area contributed by atoms with Crippen LogP contribution in [0.5, 0.6) is 0 Å². The quantitative estimate of drug-likeness (QED) is 0.0705. The number of benzene rings is 1. The average Bonchev–Trinajstić information content (AvgIpc) is 1.86. The maximum absolute atomic E-state index is 15.0. The van der Waals surface area contributed by atoms with Gasteiger partial charge >= 0.3 is 0 Å². The Morgan fingerprint density at radius 2 is 0.971 bits per heavy atom. The first-order chi connectivity index (χ1) is 49.7. The van der Waals surface area contributed by atoms with E-state index in [1.807, 2.05) is 84.6 Å². The highest BCUT2D eigenvalue weighted by Gasteiger charge is 2.39. The van der Waals surface area contributed by atoms with Gasteiger partial charge < -0.3 is 90.3 Å². The van der Waals surface area contributed by atoms with Crippen LogP contribution < -0.4 is 75.7 Å². The average molecular weight is 1480 g/mol. The number of hydrogen-bond donors (Lipinski definition) is 15. The number of unbranched alkanes of at least 4 members (excludes halogenated alkanes) is 4. The molecule has 12 amide bonds. The molecule has 592 valence electrons. The SMILES string of the molecule is CCCC[C@@H]1NC(=O)CN(C(C)(C)C)CCNC(=O)[C@H](CCCCN)NC(=O)[C@H](CC(C)C)NC(=O)[C@H](CCCCN)NC(=O)[C@H](CC(C)C)NC(=O)[C@H](CCCCN)NC(=O)COC[C@H]2CCCN2C(=O)C(Cc2c[nH]c3ccccc23)NC(=O)[C@H](C)NC(=O)[C@H](C(C)C)NC(=O)[C@H](C(C)C)NC1=O. The molecule has 3 heterocycles. The van der Waals surface area contributed by atoms with Gasteiger partial charge in [0, 0.05) is 48.7 Å². The molecule has 1 unspecified atom stereocenters. The molecule has 0 aliphatic carbocycles. The van der Waals surface area contributed by atoms with Gasteiger partial charge in [0.05, 0.1) is 19.2 Å². The van der Waals surface area contributed by atoms with E-state index in [9.17, 15) is 57.5 Å². The summed E-state index contributed by atoms with van der Waals surface area (Å²) in [6.07, 6.45) is 7.92. The van der Waals surface area contributed by atoms with E-state index in [1.165, 1.54) is 6.92 Å². The number of fused-ring (bicyclic) bond motifs is 2. The minimum Gasteiger partial charge on any atom is -0.370 e. The molecule has 11 atom stereocenters. The van der Waals surface area contributed by atoms with Crippen molar-refractivity contribution in [3.63, 3.8) is 0 Å². The molecule has 0 spiro atoms. The van der Waals surface area contributed by atoms with Crippen LogP contribution in [-0.2, 0) is 68.7 Å². The highest BCUT2D eigenvalue weighted by Crippen LogP contribution is 2.24. The highest BCUT2D eigenvalue weighted by molar-refractivity contribution is 5.99. The van der Waals surface area contributed by atoms with Gasteiger partial charge in [0.25, 0.3) is 0 Å². The Hall–Kier alpha value is -7.80. The highest BCUT2D eigenvalue weighted by atomic mass is 16.5. The molecule has 2 aliphatic rings. The molecule has 1 aromatic heterocycles. The number of rotatable bonds is 23. The van der Waals surface area contributed by atoms with Gasteiger partial charge in [-0.3, -0.25) is 62.4 Å². The van der Waals surface area contributed by atoms with E-state index in [4.69, 9.17) is 21.9 Å². The van der Waals surface area contributed by atoms with Crippen LogP contribution in [0.2, 0.25) is 0 Å². The number of nitrogens with two attached hydrogens (primary N) is 3. The van der Waals surface area contributed by atoms with Crippen LogP contribution in [0.25, 0.3) is 10.9 Å². The fourth-order valence-electron chi connectivity index (χ4n) is 12.9. The van der Waals surface area contributed by atoms with Gasteiger partial charge in [-0.05, 0) is 173 Å². The van der Waals surface area contributed by atoms with Crippen molar-refractivity contribution in [1.29, 1.82) is 0 Å². The predicted molar refractivity (Wildman–Crippen MR) is 404 cm³/mol. The molecule has 2 aromatic rings. The largest absolute Gasteiger partial charge is 0.370 e. The summed E-state index contributed by atoms with van der Waals surface area (Å²) in [5.41, 5.74) is 18.5. The van der Waals surface area contributed by atoms with Crippen LogP contribution in [-0.4, -0.2) is 217 Å². The Kier molecular flexibility index (Phi) is 39.0. The van der Waals surface area contributed by atoms with Crippen LogP contribution in [0.1, 0.15) is 198 Å². The first kappa shape index (κ1) is 89.6. The fourth-order valence-corrected chi connectivity index (χ4v) is 12.9. The molecule has 2 saturated heterocycles. The molecule has 105 heavy (non-hydrogen) atoms. The second-order valence-electron chi connectivity index (χ2n) is 30.8. The molecule has 2 fully saturated rings. The second-order valence-corrected chi connectivity index (χ2v) is 30.8. The standard InChI is InChI=1S/C75H129N17O13/c1-14-15-27-55-69(99)89-64(48(8)9)73(103)90-63(47(6)7)72(102)81-49(10)65(95)88-60(40-50-41-80-53-28-17-16-26-52(50)53)74(104)92-36-24-25-51(92)43-105-44-62(94)83-56(30-19-22-33-77)67(97)86-59(39-46(4)5)71(101)85-57(31-20-23-34-78)68(98)87-58(38-45(2)3)70(100)84-54(29-18-21-32-76)66(96)79-35-37-91(75(11,12)13)42-61(93)82-55/h16-17,26,28,41,45-49,51,54-60,63-64,80H,14-15,18-25,27,29-40,42-44,76-78H2,1-13H3,(H,79,96)(H,81,102)(H,82,93)(H,83,94)(H,84,100)(H,85,101)(H,86,97)(H,87,98)(H,88,95)(H,89,99)(H,90,103)/t49-,51+,54-,55-,56-,57-,58-,59-,60?,63-,64-/m0/s1. The predicted octanol–water partition coefficient (Wildman–Crippen LogP) is 1.80. The summed E-state index contributed by atoms with van der Waals surface area (Å²) in [6, 6.07) is -4.72. The summed E-state index contributed by atoms with van der Waals surface area (Å²) in [4.78, 5) is 180. The summed E-state index contributed by atoms with van der Waals surface area (Å²) >= 11 is 0. The van der Waals surface area contributed by atoms with Gasteiger partial charge in [-0.15, -0.1) is 0 Å². The Labute approximate surface area is 621 Å². The Balaban J connectivity index is 1.77. The fraction of sp³-hybridized carbons (Fsp3) is 0.733. The molecule has 0 saturated carbocycles. The van der Waals surface area contributed by atoms with Crippen molar-refractivity contribution >= 4 is 81.8 Å². The molecule has 0 bridgehead atoms. The number of carbonyl (C=O) groups excluding carboxylic acids is 12. The van der Waals surface area contributed by atoms with E-state index in [0.717, 1.165) is 16.5 Å². The third kappa shape index (κ3) is 30.5. The maximum atomic E-state index is 15.0. The minimum atomic E-state index is -1.24. The van der Waals surface area contributed by atoms with Crippen molar-refractivity contribution in [2.75, 3.05) is 59.0 Å². The molecule has 18 N–H and O–H groups in total. The third-order valence-corrected chi connectivity index (χ3v) is 19.1. The van der Waals surface area contributed by atoms with Crippen LogP contribution in [0, 0.1) is 23.7 Å². The van der Waals surface area contributed by atoms with Gasteiger partial charge in [-0.2, -0.15) is 0 Å². The summed E-state index contributed by atoms with van der Waals surface area (Å²) < 4.78 is 6.02. The monoisotopic (exact) mass is 1480 g/mol.